The van der Waals surface area contributed by atoms with Crippen molar-refractivity contribution in [3.63, 3.8) is 0 Å². The van der Waals surface area contributed by atoms with Crippen LogP contribution in [0.1, 0.15) is 64.2 Å². The molecule has 0 amide bonds. The van der Waals surface area contributed by atoms with Gasteiger partial charge >= 0.3 is 5.97 Å². The summed E-state index contributed by atoms with van der Waals surface area (Å²) in [6, 6.07) is 0. The fourth-order valence-electron chi connectivity index (χ4n) is 3.53. The van der Waals surface area contributed by atoms with Crippen LogP contribution in [0.15, 0.2) is 11.6 Å². The minimum absolute atomic E-state index is 0.118. The first-order chi connectivity index (χ1) is 9.81. The SMILES string of the molecule is O=CCOC(=O)C(=CC1CCCCC1)C1CCCCC1. The number of esters is 1. The van der Waals surface area contributed by atoms with E-state index in [4.69, 9.17) is 4.74 Å². The number of carbonyl (C=O) groups is 2. The van der Waals surface area contributed by atoms with Crippen LogP contribution in [0.3, 0.4) is 0 Å². The van der Waals surface area contributed by atoms with Crippen LogP contribution in [0.4, 0.5) is 0 Å². The maximum atomic E-state index is 12.2. The zero-order valence-corrected chi connectivity index (χ0v) is 12.3. The second-order valence-corrected chi connectivity index (χ2v) is 6.12. The number of rotatable bonds is 5. The van der Waals surface area contributed by atoms with Gasteiger partial charge in [-0.1, -0.05) is 44.6 Å². The van der Waals surface area contributed by atoms with Crippen molar-refractivity contribution in [1.29, 1.82) is 0 Å². The first-order valence-corrected chi connectivity index (χ1v) is 8.13. The van der Waals surface area contributed by atoms with Crippen molar-refractivity contribution in [3.8, 4) is 0 Å². The molecule has 0 N–H and O–H groups in total. The third kappa shape index (κ3) is 4.46. The molecule has 0 unspecified atom stereocenters. The van der Waals surface area contributed by atoms with Crippen molar-refractivity contribution in [2.24, 2.45) is 11.8 Å². The highest BCUT2D eigenvalue weighted by molar-refractivity contribution is 5.89. The molecule has 2 aliphatic rings. The van der Waals surface area contributed by atoms with E-state index in [0.29, 0.717) is 18.1 Å². The van der Waals surface area contributed by atoms with Gasteiger partial charge in [-0.3, -0.25) is 4.79 Å². The normalized spacial score (nSPS) is 22.5. The molecular formula is C17H26O3. The van der Waals surface area contributed by atoms with Gasteiger partial charge in [-0.15, -0.1) is 0 Å². The third-order valence-corrected chi connectivity index (χ3v) is 4.63. The summed E-state index contributed by atoms with van der Waals surface area (Å²) in [5.41, 5.74) is 0.860. The maximum absolute atomic E-state index is 12.2. The van der Waals surface area contributed by atoms with Gasteiger partial charge in [-0.05, 0) is 37.5 Å². The molecule has 2 fully saturated rings. The molecule has 0 radical (unpaired) electrons. The smallest absolute Gasteiger partial charge is 0.334 e. The zero-order chi connectivity index (χ0) is 14.2. The first-order valence-electron chi connectivity index (χ1n) is 8.13. The number of hydrogen-bond donors (Lipinski definition) is 0. The van der Waals surface area contributed by atoms with Crippen LogP contribution < -0.4 is 0 Å². The van der Waals surface area contributed by atoms with Crippen LogP contribution in [-0.2, 0) is 14.3 Å². The van der Waals surface area contributed by atoms with Crippen LogP contribution >= 0.6 is 0 Å². The second-order valence-electron chi connectivity index (χ2n) is 6.12. The summed E-state index contributed by atoms with van der Waals surface area (Å²) in [5, 5.41) is 0. The van der Waals surface area contributed by atoms with Crippen molar-refractivity contribution in [2.45, 2.75) is 64.2 Å². The van der Waals surface area contributed by atoms with E-state index < -0.39 is 0 Å². The van der Waals surface area contributed by atoms with Crippen LogP contribution in [0.2, 0.25) is 0 Å². The lowest BCUT2D eigenvalue weighted by Crippen LogP contribution is -2.20. The van der Waals surface area contributed by atoms with Crippen molar-refractivity contribution < 1.29 is 14.3 Å². The quantitative estimate of drug-likeness (QED) is 0.436. The molecule has 3 nitrogen and oxygen atoms in total. The summed E-state index contributed by atoms with van der Waals surface area (Å²) in [5.74, 6) is 0.629. The van der Waals surface area contributed by atoms with Crippen molar-refractivity contribution in [1.82, 2.24) is 0 Å². The highest BCUT2D eigenvalue weighted by atomic mass is 16.5. The highest BCUT2D eigenvalue weighted by Gasteiger charge is 2.25. The summed E-state index contributed by atoms with van der Waals surface area (Å²) in [6.45, 7) is -0.118. The molecular weight excluding hydrogens is 252 g/mol. The Balaban J connectivity index is 2.06. The van der Waals surface area contributed by atoms with E-state index in [1.165, 1.54) is 51.4 Å². The van der Waals surface area contributed by atoms with Gasteiger partial charge in [-0.25, -0.2) is 4.79 Å². The van der Waals surface area contributed by atoms with Crippen LogP contribution in [-0.4, -0.2) is 18.9 Å². The lowest BCUT2D eigenvalue weighted by molar-refractivity contribution is -0.142. The first kappa shape index (κ1) is 15.3. The number of hydrogen-bond acceptors (Lipinski definition) is 3. The van der Waals surface area contributed by atoms with Gasteiger partial charge in [0.15, 0.2) is 6.29 Å². The fourth-order valence-corrected chi connectivity index (χ4v) is 3.53. The van der Waals surface area contributed by atoms with Gasteiger partial charge in [0.25, 0.3) is 0 Å². The Morgan fingerprint density at radius 2 is 1.55 bits per heavy atom. The largest absolute Gasteiger partial charge is 0.455 e. The van der Waals surface area contributed by atoms with Crippen molar-refractivity contribution in [2.75, 3.05) is 6.61 Å². The molecule has 112 valence electrons. The van der Waals surface area contributed by atoms with Gasteiger partial charge in [0.2, 0.25) is 0 Å². The Hall–Kier alpha value is -1.12. The van der Waals surface area contributed by atoms with E-state index in [-0.39, 0.29) is 12.6 Å². The van der Waals surface area contributed by atoms with E-state index in [1.54, 1.807) is 0 Å². The molecule has 0 spiro atoms. The van der Waals surface area contributed by atoms with Gasteiger partial charge in [0, 0.05) is 5.57 Å². The van der Waals surface area contributed by atoms with E-state index in [0.717, 1.165) is 18.4 Å². The molecule has 0 aromatic heterocycles. The molecule has 0 aromatic carbocycles. The molecule has 2 rings (SSSR count). The summed E-state index contributed by atoms with van der Waals surface area (Å²) >= 11 is 0. The number of allylic oxidation sites excluding steroid dienone is 1. The maximum Gasteiger partial charge on any atom is 0.334 e. The van der Waals surface area contributed by atoms with Gasteiger partial charge in [0.1, 0.15) is 6.61 Å². The minimum Gasteiger partial charge on any atom is -0.455 e. The lowest BCUT2D eigenvalue weighted by Gasteiger charge is -2.26. The molecule has 0 bridgehead atoms. The summed E-state index contributed by atoms with van der Waals surface area (Å²) < 4.78 is 5.07. The monoisotopic (exact) mass is 278 g/mol. The molecule has 2 aliphatic carbocycles. The molecule has 3 heteroatoms. The van der Waals surface area contributed by atoms with Crippen molar-refractivity contribution >= 4 is 12.3 Å². The zero-order valence-electron chi connectivity index (χ0n) is 12.3. The second kappa shape index (κ2) is 8.23. The predicted molar refractivity (Wildman–Crippen MR) is 78.3 cm³/mol. The number of carbonyl (C=O) groups excluding carboxylic acids is 2. The third-order valence-electron chi connectivity index (χ3n) is 4.63. The number of aldehydes is 1. The average Bonchev–Trinajstić information content (AvgIpc) is 2.52. The topological polar surface area (TPSA) is 43.4 Å². The van der Waals surface area contributed by atoms with Gasteiger partial charge in [-0.2, -0.15) is 0 Å². The Kier molecular flexibility index (Phi) is 6.28. The lowest BCUT2D eigenvalue weighted by atomic mass is 9.80. The summed E-state index contributed by atoms with van der Waals surface area (Å²) in [4.78, 5) is 22.6. The van der Waals surface area contributed by atoms with Crippen LogP contribution in [0.25, 0.3) is 0 Å². The van der Waals surface area contributed by atoms with Gasteiger partial charge < -0.3 is 4.74 Å². The van der Waals surface area contributed by atoms with E-state index in [9.17, 15) is 9.59 Å². The molecule has 0 saturated heterocycles. The Bertz CT molecular complexity index is 347. The molecule has 20 heavy (non-hydrogen) atoms. The van der Waals surface area contributed by atoms with Crippen LogP contribution in [0, 0.1) is 11.8 Å². The molecule has 2 saturated carbocycles. The van der Waals surface area contributed by atoms with Crippen LogP contribution in [0.5, 0.6) is 0 Å². The summed E-state index contributed by atoms with van der Waals surface area (Å²) in [7, 11) is 0. The van der Waals surface area contributed by atoms with Gasteiger partial charge in [0.05, 0.1) is 0 Å². The molecule has 0 aromatic rings. The van der Waals surface area contributed by atoms with E-state index in [1.807, 2.05) is 0 Å². The Morgan fingerprint density at radius 3 is 2.15 bits per heavy atom. The summed E-state index contributed by atoms with van der Waals surface area (Å²) in [6.07, 6.45) is 14.9. The predicted octanol–water partition coefficient (Wildman–Crippen LogP) is 3.82. The van der Waals surface area contributed by atoms with Crippen molar-refractivity contribution in [3.05, 3.63) is 11.6 Å². The standard InChI is InChI=1S/C17H26O3/c18-11-12-20-17(19)16(15-9-5-2-6-10-15)13-14-7-3-1-4-8-14/h11,13-15H,1-10,12H2. The fraction of sp³-hybridized carbons (Fsp3) is 0.765. The minimum atomic E-state index is -0.255. The highest BCUT2D eigenvalue weighted by Crippen LogP contribution is 2.33. The Labute approximate surface area is 121 Å². The average molecular weight is 278 g/mol. The number of ether oxygens (including phenoxy) is 1. The molecule has 0 aliphatic heterocycles. The van der Waals surface area contributed by atoms with E-state index >= 15 is 0 Å². The van der Waals surface area contributed by atoms with E-state index in [2.05, 4.69) is 6.08 Å². The molecule has 0 atom stereocenters. The Morgan fingerprint density at radius 1 is 0.950 bits per heavy atom. The molecule has 0 heterocycles.